The Labute approximate surface area is 166 Å². The van der Waals surface area contributed by atoms with Gasteiger partial charge in [0.2, 0.25) is 0 Å². The number of halogens is 1. The fraction of sp³-hybridized carbons (Fsp3) is 0.190. The van der Waals surface area contributed by atoms with Crippen LogP contribution in [0.1, 0.15) is 6.92 Å². The summed E-state index contributed by atoms with van der Waals surface area (Å²) in [4.78, 5) is 12.6. The molecule has 0 heterocycles. The zero-order chi connectivity index (χ0) is 19.4. The Hall–Kier alpha value is -2.73. The van der Waals surface area contributed by atoms with Crippen molar-refractivity contribution >= 4 is 38.3 Å². The summed E-state index contributed by atoms with van der Waals surface area (Å²) in [5.41, 5.74) is 0.523. The van der Waals surface area contributed by atoms with E-state index in [0.29, 0.717) is 22.9 Å². The standard InChI is InChI=1S/C21H20BrNO4/c1-13(21(24)23-17-12-15(25-2)9-11-18(17)26-3)27-19-10-8-14-6-4-5-7-16(14)20(19)22/h4-13H,1-3H3,(H,23,24). The van der Waals surface area contributed by atoms with Crippen LogP contribution in [0.15, 0.2) is 59.1 Å². The molecule has 0 aromatic heterocycles. The van der Waals surface area contributed by atoms with Crippen molar-refractivity contribution in [3.05, 3.63) is 59.1 Å². The zero-order valence-corrected chi connectivity index (χ0v) is 16.9. The second-order valence-corrected chi connectivity index (χ2v) is 6.71. The van der Waals surface area contributed by atoms with Gasteiger partial charge in [-0.25, -0.2) is 0 Å². The number of rotatable bonds is 6. The van der Waals surface area contributed by atoms with Crippen molar-refractivity contribution in [1.29, 1.82) is 0 Å². The lowest BCUT2D eigenvalue weighted by Gasteiger charge is -2.18. The first kappa shape index (κ1) is 19.0. The van der Waals surface area contributed by atoms with Crippen molar-refractivity contribution in [3.8, 4) is 17.2 Å². The number of fused-ring (bicyclic) bond motifs is 1. The molecule has 0 spiro atoms. The summed E-state index contributed by atoms with van der Waals surface area (Å²) in [7, 11) is 3.11. The Morgan fingerprint density at radius 2 is 1.74 bits per heavy atom. The van der Waals surface area contributed by atoms with Gasteiger partial charge in [-0.05, 0) is 51.8 Å². The molecular weight excluding hydrogens is 410 g/mol. The minimum Gasteiger partial charge on any atom is -0.497 e. The van der Waals surface area contributed by atoms with E-state index in [2.05, 4.69) is 21.2 Å². The number of methoxy groups -OCH3 is 2. The molecule has 3 aromatic carbocycles. The number of nitrogens with one attached hydrogen (secondary N) is 1. The molecule has 0 aliphatic carbocycles. The van der Waals surface area contributed by atoms with E-state index in [4.69, 9.17) is 14.2 Å². The van der Waals surface area contributed by atoms with Gasteiger partial charge in [0.1, 0.15) is 17.2 Å². The zero-order valence-electron chi connectivity index (χ0n) is 15.3. The number of ether oxygens (including phenoxy) is 3. The van der Waals surface area contributed by atoms with E-state index < -0.39 is 6.10 Å². The summed E-state index contributed by atoms with van der Waals surface area (Å²) in [5.74, 6) is 1.48. The van der Waals surface area contributed by atoms with Gasteiger partial charge in [-0.3, -0.25) is 4.79 Å². The van der Waals surface area contributed by atoms with Crippen LogP contribution in [0.2, 0.25) is 0 Å². The molecule has 0 aliphatic rings. The van der Waals surface area contributed by atoms with E-state index in [1.807, 2.05) is 36.4 Å². The van der Waals surface area contributed by atoms with Crippen LogP contribution in [0.25, 0.3) is 10.8 Å². The van der Waals surface area contributed by atoms with Crippen molar-refractivity contribution in [1.82, 2.24) is 0 Å². The highest BCUT2D eigenvalue weighted by Gasteiger charge is 2.19. The van der Waals surface area contributed by atoms with Crippen molar-refractivity contribution in [3.63, 3.8) is 0 Å². The molecule has 0 saturated carbocycles. The number of hydrogen-bond donors (Lipinski definition) is 1. The highest BCUT2D eigenvalue weighted by atomic mass is 79.9. The Balaban J connectivity index is 1.78. The number of carbonyl (C=O) groups excluding carboxylic acids is 1. The normalized spacial score (nSPS) is 11.7. The second kappa shape index (κ2) is 8.31. The maximum atomic E-state index is 12.6. The van der Waals surface area contributed by atoms with Gasteiger partial charge in [-0.1, -0.05) is 30.3 Å². The summed E-state index contributed by atoms with van der Waals surface area (Å²) in [6.45, 7) is 1.70. The first-order valence-corrected chi connectivity index (χ1v) is 9.19. The average molecular weight is 430 g/mol. The lowest BCUT2D eigenvalue weighted by atomic mass is 10.1. The Morgan fingerprint density at radius 1 is 1.00 bits per heavy atom. The molecule has 6 heteroatoms. The molecule has 0 saturated heterocycles. The number of carbonyl (C=O) groups is 1. The third-order valence-corrected chi connectivity index (χ3v) is 4.98. The summed E-state index contributed by atoms with van der Waals surface area (Å²) < 4.78 is 17.2. The summed E-state index contributed by atoms with van der Waals surface area (Å²) in [6, 6.07) is 17.0. The van der Waals surface area contributed by atoms with Crippen LogP contribution in [0.4, 0.5) is 5.69 Å². The fourth-order valence-electron chi connectivity index (χ4n) is 2.69. The van der Waals surface area contributed by atoms with E-state index in [-0.39, 0.29) is 5.91 Å². The summed E-state index contributed by atoms with van der Waals surface area (Å²) >= 11 is 3.57. The number of amides is 1. The molecule has 0 aliphatic heterocycles. The van der Waals surface area contributed by atoms with Gasteiger partial charge in [0.15, 0.2) is 6.10 Å². The lowest BCUT2D eigenvalue weighted by molar-refractivity contribution is -0.122. The monoisotopic (exact) mass is 429 g/mol. The average Bonchev–Trinajstić information content (AvgIpc) is 2.70. The predicted octanol–water partition coefficient (Wildman–Crippen LogP) is 5.03. The van der Waals surface area contributed by atoms with Crippen LogP contribution in [-0.2, 0) is 4.79 Å². The fourth-order valence-corrected chi connectivity index (χ4v) is 3.28. The molecule has 27 heavy (non-hydrogen) atoms. The van der Waals surface area contributed by atoms with Gasteiger partial charge in [-0.15, -0.1) is 0 Å². The molecule has 3 aromatic rings. The van der Waals surface area contributed by atoms with Crippen molar-refractivity contribution in [2.75, 3.05) is 19.5 Å². The van der Waals surface area contributed by atoms with Crippen LogP contribution < -0.4 is 19.5 Å². The second-order valence-electron chi connectivity index (χ2n) is 5.91. The van der Waals surface area contributed by atoms with Crippen molar-refractivity contribution in [2.24, 2.45) is 0 Å². The number of anilines is 1. The van der Waals surface area contributed by atoms with Gasteiger partial charge in [0, 0.05) is 6.07 Å². The van der Waals surface area contributed by atoms with Crippen LogP contribution in [0, 0.1) is 0 Å². The maximum absolute atomic E-state index is 12.6. The molecular formula is C21H20BrNO4. The molecule has 140 valence electrons. The topological polar surface area (TPSA) is 56.8 Å². The Morgan fingerprint density at radius 3 is 2.48 bits per heavy atom. The van der Waals surface area contributed by atoms with Crippen molar-refractivity contribution in [2.45, 2.75) is 13.0 Å². The molecule has 1 atom stereocenters. The minimum absolute atomic E-state index is 0.290. The molecule has 0 fully saturated rings. The van der Waals surface area contributed by atoms with E-state index in [1.54, 1.807) is 39.3 Å². The van der Waals surface area contributed by atoms with E-state index in [0.717, 1.165) is 15.2 Å². The molecule has 5 nitrogen and oxygen atoms in total. The summed E-state index contributed by atoms with van der Waals surface area (Å²) in [5, 5.41) is 4.95. The van der Waals surface area contributed by atoms with Gasteiger partial charge in [0.25, 0.3) is 5.91 Å². The smallest absolute Gasteiger partial charge is 0.265 e. The SMILES string of the molecule is COc1ccc(OC)c(NC(=O)C(C)Oc2ccc3ccccc3c2Br)c1. The number of benzene rings is 3. The first-order chi connectivity index (χ1) is 13.0. The van der Waals surface area contributed by atoms with Gasteiger partial charge >= 0.3 is 0 Å². The molecule has 1 unspecified atom stereocenters. The number of hydrogen-bond acceptors (Lipinski definition) is 4. The van der Waals surface area contributed by atoms with Crippen LogP contribution in [0.3, 0.4) is 0 Å². The molecule has 1 amide bonds. The Kier molecular flexibility index (Phi) is 5.86. The van der Waals surface area contributed by atoms with E-state index >= 15 is 0 Å². The largest absolute Gasteiger partial charge is 0.497 e. The van der Waals surface area contributed by atoms with Crippen LogP contribution >= 0.6 is 15.9 Å². The quantitative estimate of drug-likeness (QED) is 0.597. The third kappa shape index (κ3) is 4.17. The molecule has 0 bridgehead atoms. The van der Waals surface area contributed by atoms with Gasteiger partial charge in [-0.2, -0.15) is 0 Å². The maximum Gasteiger partial charge on any atom is 0.265 e. The van der Waals surface area contributed by atoms with Crippen LogP contribution in [0.5, 0.6) is 17.2 Å². The highest BCUT2D eigenvalue weighted by molar-refractivity contribution is 9.10. The summed E-state index contributed by atoms with van der Waals surface area (Å²) in [6.07, 6.45) is -0.710. The Bertz CT molecular complexity index is 974. The first-order valence-electron chi connectivity index (χ1n) is 8.40. The van der Waals surface area contributed by atoms with E-state index in [9.17, 15) is 4.79 Å². The predicted molar refractivity (Wildman–Crippen MR) is 110 cm³/mol. The third-order valence-electron chi connectivity index (χ3n) is 4.17. The van der Waals surface area contributed by atoms with Gasteiger partial charge in [0.05, 0.1) is 24.4 Å². The minimum atomic E-state index is -0.710. The molecule has 1 N–H and O–H groups in total. The van der Waals surface area contributed by atoms with Crippen LogP contribution in [-0.4, -0.2) is 26.2 Å². The van der Waals surface area contributed by atoms with E-state index in [1.165, 1.54) is 0 Å². The van der Waals surface area contributed by atoms with Gasteiger partial charge < -0.3 is 19.5 Å². The van der Waals surface area contributed by atoms with Crippen molar-refractivity contribution < 1.29 is 19.0 Å². The molecule has 0 radical (unpaired) electrons. The lowest BCUT2D eigenvalue weighted by Crippen LogP contribution is -2.30. The molecule has 3 rings (SSSR count). The highest BCUT2D eigenvalue weighted by Crippen LogP contribution is 2.34.